The van der Waals surface area contributed by atoms with Gasteiger partial charge in [0, 0.05) is 18.7 Å². The minimum absolute atomic E-state index is 0.182. The van der Waals surface area contributed by atoms with Crippen LogP contribution in [0.15, 0.2) is 18.2 Å². The summed E-state index contributed by atoms with van der Waals surface area (Å²) >= 11 is 0. The van der Waals surface area contributed by atoms with Gasteiger partial charge in [0.25, 0.3) is 0 Å². The average Bonchev–Trinajstić information content (AvgIpc) is 2.37. The summed E-state index contributed by atoms with van der Waals surface area (Å²) < 4.78 is 5.20. The van der Waals surface area contributed by atoms with Crippen molar-refractivity contribution in [2.45, 2.75) is 31.7 Å². The molecular formula is C14H19N3O3. The summed E-state index contributed by atoms with van der Waals surface area (Å²) in [5.41, 5.74) is 6.37. The average molecular weight is 277 g/mol. The van der Waals surface area contributed by atoms with Crippen molar-refractivity contribution in [1.82, 2.24) is 0 Å². The van der Waals surface area contributed by atoms with Crippen LogP contribution in [0.4, 0.5) is 11.4 Å². The highest BCUT2D eigenvalue weighted by atomic mass is 16.5. The van der Waals surface area contributed by atoms with Gasteiger partial charge in [-0.25, -0.2) is 0 Å². The lowest BCUT2D eigenvalue weighted by Gasteiger charge is -2.36. The van der Waals surface area contributed by atoms with E-state index in [1.54, 1.807) is 18.2 Å². The number of carbonyl (C=O) groups is 2. The molecule has 1 aliphatic carbocycles. The van der Waals surface area contributed by atoms with E-state index in [0.717, 1.165) is 6.42 Å². The van der Waals surface area contributed by atoms with Crippen LogP contribution in [0, 0.1) is 0 Å². The molecular weight excluding hydrogens is 258 g/mol. The predicted molar refractivity (Wildman–Crippen MR) is 76.7 cm³/mol. The number of ether oxygens (including phenoxy) is 1. The van der Waals surface area contributed by atoms with Crippen molar-refractivity contribution in [1.29, 1.82) is 0 Å². The fraction of sp³-hybridized carbons (Fsp3) is 0.429. The number of hydrogen-bond donors (Lipinski definition) is 3. The zero-order valence-electron chi connectivity index (χ0n) is 11.7. The Morgan fingerprint density at radius 1 is 1.30 bits per heavy atom. The van der Waals surface area contributed by atoms with E-state index in [-0.39, 0.29) is 11.8 Å². The third-order valence-electron chi connectivity index (χ3n) is 3.47. The smallest absolute Gasteiger partial charge is 0.244 e. The van der Waals surface area contributed by atoms with Crippen molar-refractivity contribution in [3.63, 3.8) is 0 Å². The first-order valence-electron chi connectivity index (χ1n) is 6.50. The van der Waals surface area contributed by atoms with E-state index < -0.39 is 5.54 Å². The fourth-order valence-corrected chi connectivity index (χ4v) is 2.10. The first-order valence-corrected chi connectivity index (χ1v) is 6.50. The maximum Gasteiger partial charge on any atom is 0.244 e. The van der Waals surface area contributed by atoms with Gasteiger partial charge in [-0.05, 0) is 31.4 Å². The molecule has 4 N–H and O–H groups in total. The summed E-state index contributed by atoms with van der Waals surface area (Å²) in [5.74, 6) is 0.117. The summed E-state index contributed by atoms with van der Waals surface area (Å²) in [4.78, 5) is 23.1. The minimum atomic E-state index is -0.746. The number of nitrogens with one attached hydrogen (secondary N) is 2. The summed E-state index contributed by atoms with van der Waals surface area (Å²) in [6, 6.07) is 5.04. The quantitative estimate of drug-likeness (QED) is 0.777. The van der Waals surface area contributed by atoms with Crippen molar-refractivity contribution in [2.75, 3.05) is 17.7 Å². The van der Waals surface area contributed by atoms with Crippen molar-refractivity contribution in [2.24, 2.45) is 5.73 Å². The molecule has 0 spiro atoms. The second-order valence-corrected chi connectivity index (χ2v) is 5.06. The lowest BCUT2D eigenvalue weighted by Crippen LogP contribution is -2.56. The lowest BCUT2D eigenvalue weighted by atomic mass is 9.77. The number of hydrogen-bond acceptors (Lipinski definition) is 4. The second kappa shape index (κ2) is 5.50. The summed E-state index contributed by atoms with van der Waals surface area (Å²) in [7, 11) is 1.50. The van der Waals surface area contributed by atoms with E-state index in [0.29, 0.717) is 30.0 Å². The van der Waals surface area contributed by atoms with Crippen molar-refractivity contribution >= 4 is 23.2 Å². The van der Waals surface area contributed by atoms with Crippen LogP contribution in [-0.2, 0) is 9.59 Å². The number of amides is 2. The van der Waals surface area contributed by atoms with Gasteiger partial charge in [-0.3, -0.25) is 9.59 Å². The molecule has 1 aromatic rings. The van der Waals surface area contributed by atoms with E-state index in [2.05, 4.69) is 10.6 Å². The third kappa shape index (κ3) is 2.91. The minimum Gasteiger partial charge on any atom is -0.494 e. The van der Waals surface area contributed by atoms with Crippen molar-refractivity contribution < 1.29 is 14.3 Å². The Morgan fingerprint density at radius 3 is 2.50 bits per heavy atom. The van der Waals surface area contributed by atoms with E-state index in [1.807, 2.05) is 0 Å². The Kier molecular flexibility index (Phi) is 3.94. The second-order valence-electron chi connectivity index (χ2n) is 5.06. The van der Waals surface area contributed by atoms with Crippen LogP contribution in [0.25, 0.3) is 0 Å². The molecule has 1 saturated carbocycles. The SMILES string of the molecule is COc1cc(NC(=O)C2(N)CCC2)ccc1NC(C)=O. The number of nitrogens with two attached hydrogens (primary N) is 1. The molecule has 20 heavy (non-hydrogen) atoms. The molecule has 1 aliphatic rings. The Labute approximate surface area is 117 Å². The number of methoxy groups -OCH3 is 1. The molecule has 0 unspecified atom stereocenters. The normalized spacial score (nSPS) is 15.9. The van der Waals surface area contributed by atoms with Crippen LogP contribution in [0.5, 0.6) is 5.75 Å². The van der Waals surface area contributed by atoms with Crippen LogP contribution in [0.3, 0.4) is 0 Å². The molecule has 0 heterocycles. The topological polar surface area (TPSA) is 93.4 Å². The summed E-state index contributed by atoms with van der Waals surface area (Å²) in [6.07, 6.45) is 2.40. The maximum absolute atomic E-state index is 12.0. The first-order chi connectivity index (χ1) is 9.44. The highest BCUT2D eigenvalue weighted by Crippen LogP contribution is 2.32. The number of rotatable bonds is 4. The third-order valence-corrected chi connectivity index (χ3v) is 3.47. The lowest BCUT2D eigenvalue weighted by molar-refractivity contribution is -0.123. The Hall–Kier alpha value is -2.08. The highest BCUT2D eigenvalue weighted by molar-refractivity contribution is 5.99. The Morgan fingerprint density at radius 2 is 2.00 bits per heavy atom. The number of carbonyl (C=O) groups excluding carboxylic acids is 2. The molecule has 6 heteroatoms. The van der Waals surface area contributed by atoms with Crippen molar-refractivity contribution in [3.8, 4) is 5.75 Å². The monoisotopic (exact) mass is 277 g/mol. The van der Waals surface area contributed by atoms with E-state index in [4.69, 9.17) is 10.5 Å². The van der Waals surface area contributed by atoms with E-state index >= 15 is 0 Å². The van der Waals surface area contributed by atoms with Crippen LogP contribution in [0.1, 0.15) is 26.2 Å². The van der Waals surface area contributed by atoms with Crippen LogP contribution in [-0.4, -0.2) is 24.5 Å². The van der Waals surface area contributed by atoms with E-state index in [9.17, 15) is 9.59 Å². The molecule has 2 amide bonds. The molecule has 0 saturated heterocycles. The number of benzene rings is 1. The summed E-state index contributed by atoms with van der Waals surface area (Å²) in [5, 5.41) is 5.44. The highest BCUT2D eigenvalue weighted by Gasteiger charge is 2.40. The molecule has 108 valence electrons. The molecule has 2 rings (SSSR count). The molecule has 1 aromatic carbocycles. The van der Waals surface area contributed by atoms with Gasteiger partial charge in [0.05, 0.1) is 18.3 Å². The van der Waals surface area contributed by atoms with Gasteiger partial charge < -0.3 is 21.1 Å². The van der Waals surface area contributed by atoms with Crippen LogP contribution in [0.2, 0.25) is 0 Å². The largest absolute Gasteiger partial charge is 0.494 e. The van der Waals surface area contributed by atoms with Gasteiger partial charge in [-0.15, -0.1) is 0 Å². The van der Waals surface area contributed by atoms with Gasteiger partial charge in [0.15, 0.2) is 0 Å². The molecule has 0 aliphatic heterocycles. The molecule has 0 bridgehead atoms. The van der Waals surface area contributed by atoms with Crippen molar-refractivity contribution in [3.05, 3.63) is 18.2 Å². The zero-order valence-corrected chi connectivity index (χ0v) is 11.7. The van der Waals surface area contributed by atoms with Gasteiger partial charge in [0.1, 0.15) is 5.75 Å². The first kappa shape index (κ1) is 14.3. The summed E-state index contributed by atoms with van der Waals surface area (Å²) in [6.45, 7) is 1.42. The van der Waals surface area contributed by atoms with Gasteiger partial charge in [-0.1, -0.05) is 0 Å². The van der Waals surface area contributed by atoms with Crippen LogP contribution < -0.4 is 21.1 Å². The maximum atomic E-state index is 12.0. The van der Waals surface area contributed by atoms with E-state index in [1.165, 1.54) is 14.0 Å². The molecule has 6 nitrogen and oxygen atoms in total. The Balaban J connectivity index is 2.13. The van der Waals surface area contributed by atoms with Gasteiger partial charge in [-0.2, -0.15) is 0 Å². The molecule has 0 aromatic heterocycles. The predicted octanol–water partition coefficient (Wildman–Crippen LogP) is 1.47. The number of anilines is 2. The zero-order chi connectivity index (χ0) is 14.8. The molecule has 0 radical (unpaired) electrons. The standard InChI is InChI=1S/C14H19N3O3/c1-9(18)16-11-5-4-10(8-12(11)20-2)17-13(19)14(15)6-3-7-14/h4-5,8H,3,6-7,15H2,1-2H3,(H,16,18)(H,17,19). The van der Waals surface area contributed by atoms with Crippen LogP contribution >= 0.6 is 0 Å². The molecule has 1 fully saturated rings. The van der Waals surface area contributed by atoms with Gasteiger partial charge in [0.2, 0.25) is 11.8 Å². The Bertz CT molecular complexity index is 538. The molecule has 0 atom stereocenters. The van der Waals surface area contributed by atoms with Gasteiger partial charge >= 0.3 is 0 Å². The fourth-order valence-electron chi connectivity index (χ4n) is 2.10.